The van der Waals surface area contributed by atoms with Crippen molar-refractivity contribution in [1.29, 1.82) is 0 Å². The number of aryl methyl sites for hydroxylation is 2. The molecule has 1 saturated heterocycles. The minimum atomic E-state index is 0.579. The summed E-state index contributed by atoms with van der Waals surface area (Å²) in [5, 5.41) is 4.59. The topological polar surface area (TPSA) is 34.0 Å². The first-order chi connectivity index (χ1) is 9.72. The molecule has 0 N–H and O–H groups in total. The Morgan fingerprint density at radius 3 is 2.90 bits per heavy atom. The smallest absolute Gasteiger partial charge is 0.0596 e. The summed E-state index contributed by atoms with van der Waals surface area (Å²) >= 11 is 0. The van der Waals surface area contributed by atoms with Gasteiger partial charge >= 0.3 is 0 Å². The number of likely N-dealkylation sites (tertiary alicyclic amines) is 1. The molecule has 1 atom stereocenters. The number of aromatic nitrogens is 3. The highest BCUT2D eigenvalue weighted by atomic mass is 15.3. The third-order valence-corrected chi connectivity index (χ3v) is 4.08. The monoisotopic (exact) mass is 270 g/mol. The summed E-state index contributed by atoms with van der Waals surface area (Å²) in [5.74, 6) is 0. The largest absolute Gasteiger partial charge is 0.293 e. The van der Waals surface area contributed by atoms with Crippen LogP contribution in [0.2, 0.25) is 0 Å². The number of rotatable bonds is 4. The molecule has 2 aromatic rings. The molecule has 0 bridgehead atoms. The molecule has 1 aliphatic rings. The van der Waals surface area contributed by atoms with Gasteiger partial charge in [0.25, 0.3) is 0 Å². The highest BCUT2D eigenvalue weighted by molar-refractivity contribution is 5.07. The highest BCUT2D eigenvalue weighted by Crippen LogP contribution is 2.21. The summed E-state index contributed by atoms with van der Waals surface area (Å²) in [6.07, 6.45) is 4.41. The van der Waals surface area contributed by atoms with Crippen LogP contribution < -0.4 is 0 Å². The maximum atomic E-state index is 4.59. The van der Waals surface area contributed by atoms with E-state index in [4.69, 9.17) is 0 Å². The molecular weight excluding hydrogens is 248 g/mol. The van der Waals surface area contributed by atoms with Crippen molar-refractivity contribution in [2.75, 3.05) is 6.54 Å². The summed E-state index contributed by atoms with van der Waals surface area (Å²) in [5.41, 5.74) is 3.52. The van der Waals surface area contributed by atoms with Crippen molar-refractivity contribution in [3.63, 3.8) is 0 Å². The zero-order valence-electron chi connectivity index (χ0n) is 12.3. The van der Waals surface area contributed by atoms with E-state index in [9.17, 15) is 0 Å². The summed E-state index contributed by atoms with van der Waals surface area (Å²) < 4.78 is 2.15. The Bertz CT molecular complexity index is 561. The number of nitrogens with zero attached hydrogens (tertiary/aromatic N) is 4. The zero-order chi connectivity index (χ0) is 13.9. The van der Waals surface area contributed by atoms with Gasteiger partial charge in [-0.2, -0.15) is 5.10 Å². The molecule has 4 nitrogen and oxygen atoms in total. The minimum Gasteiger partial charge on any atom is -0.293 e. The molecular formula is C16H22N4. The molecule has 0 spiro atoms. The average Bonchev–Trinajstić information content (AvgIpc) is 2.99. The van der Waals surface area contributed by atoms with Crippen LogP contribution in [-0.2, 0) is 13.1 Å². The second-order valence-corrected chi connectivity index (χ2v) is 5.70. The van der Waals surface area contributed by atoms with Crippen molar-refractivity contribution in [3.05, 3.63) is 47.5 Å². The van der Waals surface area contributed by atoms with Gasteiger partial charge in [0.2, 0.25) is 0 Å². The molecule has 0 saturated carbocycles. The van der Waals surface area contributed by atoms with Crippen LogP contribution in [0.3, 0.4) is 0 Å². The molecule has 3 rings (SSSR count). The fourth-order valence-corrected chi connectivity index (χ4v) is 3.07. The van der Waals surface area contributed by atoms with E-state index in [-0.39, 0.29) is 0 Å². The van der Waals surface area contributed by atoms with E-state index in [1.165, 1.54) is 25.1 Å². The number of hydrogen-bond acceptors (Lipinski definition) is 3. The molecule has 0 aromatic carbocycles. The van der Waals surface area contributed by atoms with Gasteiger partial charge < -0.3 is 0 Å². The zero-order valence-corrected chi connectivity index (χ0v) is 12.3. The first-order valence-corrected chi connectivity index (χ1v) is 7.37. The second kappa shape index (κ2) is 5.75. The third-order valence-electron chi connectivity index (χ3n) is 4.08. The van der Waals surface area contributed by atoms with E-state index < -0.39 is 0 Å². The van der Waals surface area contributed by atoms with Gasteiger partial charge in [-0.25, -0.2) is 0 Å². The Hall–Kier alpha value is -1.68. The van der Waals surface area contributed by atoms with Crippen molar-refractivity contribution in [1.82, 2.24) is 19.7 Å². The highest BCUT2D eigenvalue weighted by Gasteiger charge is 2.25. The van der Waals surface area contributed by atoms with Crippen molar-refractivity contribution >= 4 is 0 Å². The van der Waals surface area contributed by atoms with Gasteiger partial charge in [-0.3, -0.25) is 14.6 Å². The molecule has 106 valence electrons. The van der Waals surface area contributed by atoms with Gasteiger partial charge in [0, 0.05) is 24.5 Å². The molecule has 0 aliphatic carbocycles. The van der Waals surface area contributed by atoms with Crippen LogP contribution in [0.25, 0.3) is 0 Å². The van der Waals surface area contributed by atoms with Crippen molar-refractivity contribution < 1.29 is 0 Å². The van der Waals surface area contributed by atoms with Crippen molar-refractivity contribution in [3.8, 4) is 0 Å². The van der Waals surface area contributed by atoms with Crippen LogP contribution in [0.4, 0.5) is 0 Å². The Labute approximate surface area is 120 Å². The van der Waals surface area contributed by atoms with Gasteiger partial charge in [-0.05, 0) is 51.4 Å². The Morgan fingerprint density at radius 2 is 2.20 bits per heavy atom. The normalized spacial score (nSPS) is 19.6. The molecule has 1 unspecified atom stereocenters. The lowest BCUT2D eigenvalue weighted by atomic mass is 10.2. The lowest BCUT2D eigenvalue weighted by Crippen LogP contribution is -2.33. The van der Waals surface area contributed by atoms with Crippen LogP contribution in [-0.4, -0.2) is 32.3 Å². The minimum absolute atomic E-state index is 0.579. The van der Waals surface area contributed by atoms with E-state index in [2.05, 4.69) is 51.7 Å². The molecule has 1 fully saturated rings. The Balaban J connectivity index is 1.68. The summed E-state index contributed by atoms with van der Waals surface area (Å²) in [7, 11) is 0. The lowest BCUT2D eigenvalue weighted by molar-refractivity contribution is 0.215. The molecule has 0 amide bonds. The Kier molecular flexibility index (Phi) is 3.83. The van der Waals surface area contributed by atoms with E-state index in [1.54, 1.807) is 0 Å². The Morgan fingerprint density at radius 1 is 1.30 bits per heavy atom. The second-order valence-electron chi connectivity index (χ2n) is 5.70. The van der Waals surface area contributed by atoms with Crippen LogP contribution in [0.5, 0.6) is 0 Å². The molecule has 2 aromatic heterocycles. The summed E-state index contributed by atoms with van der Waals surface area (Å²) in [6, 6.07) is 8.88. The quantitative estimate of drug-likeness (QED) is 0.856. The first kappa shape index (κ1) is 13.3. The van der Waals surface area contributed by atoms with E-state index in [0.29, 0.717) is 6.04 Å². The molecule has 20 heavy (non-hydrogen) atoms. The van der Waals surface area contributed by atoms with Crippen LogP contribution in [0.15, 0.2) is 30.5 Å². The summed E-state index contributed by atoms with van der Waals surface area (Å²) in [6.45, 7) is 7.31. The summed E-state index contributed by atoms with van der Waals surface area (Å²) in [4.78, 5) is 6.98. The van der Waals surface area contributed by atoms with Gasteiger partial charge in [-0.15, -0.1) is 0 Å². The molecule has 3 heterocycles. The number of pyridine rings is 1. The first-order valence-electron chi connectivity index (χ1n) is 7.37. The SMILES string of the molecule is Cc1cc(C)n(CC2CCCN2Cc2ccccn2)n1. The maximum absolute atomic E-state index is 4.59. The molecule has 0 radical (unpaired) electrons. The van der Waals surface area contributed by atoms with Gasteiger partial charge in [0.15, 0.2) is 0 Å². The predicted molar refractivity (Wildman–Crippen MR) is 79.4 cm³/mol. The van der Waals surface area contributed by atoms with E-state index in [1.807, 2.05) is 12.3 Å². The van der Waals surface area contributed by atoms with Crippen LogP contribution >= 0.6 is 0 Å². The third kappa shape index (κ3) is 2.90. The van der Waals surface area contributed by atoms with Gasteiger partial charge in [-0.1, -0.05) is 6.07 Å². The molecule has 4 heteroatoms. The van der Waals surface area contributed by atoms with Gasteiger partial charge in [0.1, 0.15) is 0 Å². The lowest BCUT2D eigenvalue weighted by Gasteiger charge is -2.24. The predicted octanol–water partition coefficient (Wildman–Crippen LogP) is 2.56. The van der Waals surface area contributed by atoms with E-state index in [0.717, 1.165) is 24.5 Å². The van der Waals surface area contributed by atoms with Crippen LogP contribution in [0.1, 0.15) is 29.9 Å². The maximum Gasteiger partial charge on any atom is 0.0596 e. The van der Waals surface area contributed by atoms with Gasteiger partial charge in [0.05, 0.1) is 17.9 Å². The number of hydrogen-bond donors (Lipinski definition) is 0. The molecule has 1 aliphatic heterocycles. The fraction of sp³-hybridized carbons (Fsp3) is 0.500. The standard InChI is InChI=1S/C16H22N4/c1-13-10-14(2)20(18-13)12-16-7-5-9-19(16)11-15-6-3-4-8-17-15/h3-4,6,8,10,16H,5,7,9,11-12H2,1-2H3. The van der Waals surface area contributed by atoms with Crippen molar-refractivity contribution in [2.45, 2.75) is 45.8 Å². The fourth-order valence-electron chi connectivity index (χ4n) is 3.07. The van der Waals surface area contributed by atoms with Crippen molar-refractivity contribution in [2.24, 2.45) is 0 Å². The average molecular weight is 270 g/mol. The van der Waals surface area contributed by atoms with E-state index >= 15 is 0 Å². The van der Waals surface area contributed by atoms with Crippen LogP contribution in [0, 0.1) is 13.8 Å².